The number of halogens is 1. The Morgan fingerprint density at radius 1 is 1.35 bits per heavy atom. The fourth-order valence-electron chi connectivity index (χ4n) is 2.66. The Kier molecular flexibility index (Phi) is 4.51. The lowest BCUT2D eigenvalue weighted by Gasteiger charge is -2.13. The molecule has 1 atom stereocenters. The minimum atomic E-state index is 0.152. The average molecular weight is 352 g/mol. The summed E-state index contributed by atoms with van der Waals surface area (Å²) in [5.74, 6) is 5.76. The highest BCUT2D eigenvalue weighted by Crippen LogP contribution is 2.33. The molecule has 0 bridgehead atoms. The normalized spacial score (nSPS) is 15.9. The van der Waals surface area contributed by atoms with Crippen LogP contribution in [0.5, 0.6) is 0 Å². The molecule has 0 fully saturated rings. The molecule has 3 N–H and O–H groups in total. The van der Waals surface area contributed by atoms with E-state index >= 15 is 0 Å². The molecule has 0 aromatic carbocycles. The van der Waals surface area contributed by atoms with E-state index in [9.17, 15) is 0 Å². The van der Waals surface area contributed by atoms with Crippen molar-refractivity contribution < 1.29 is 0 Å². The molecule has 1 aliphatic carbocycles. The summed E-state index contributed by atoms with van der Waals surface area (Å²) < 4.78 is 1.00. The molecule has 5 heteroatoms. The maximum atomic E-state index is 5.76. The minimum absolute atomic E-state index is 0.152. The zero-order valence-corrected chi connectivity index (χ0v) is 13.6. The first-order chi connectivity index (χ1) is 9.76. The average Bonchev–Trinajstić information content (AvgIpc) is 2.90. The van der Waals surface area contributed by atoms with Gasteiger partial charge in [-0.25, -0.2) is 0 Å². The first kappa shape index (κ1) is 14.2. The summed E-state index contributed by atoms with van der Waals surface area (Å²) in [6.45, 7) is 0. The van der Waals surface area contributed by atoms with Crippen molar-refractivity contribution in [3.8, 4) is 0 Å². The number of hydrogen-bond donors (Lipinski definition) is 2. The quantitative estimate of drug-likeness (QED) is 0.654. The van der Waals surface area contributed by atoms with Crippen LogP contribution < -0.4 is 11.3 Å². The largest absolute Gasteiger partial charge is 0.271 e. The van der Waals surface area contributed by atoms with E-state index in [2.05, 4.69) is 32.4 Å². The fourth-order valence-corrected chi connectivity index (χ4v) is 4.22. The van der Waals surface area contributed by atoms with Gasteiger partial charge < -0.3 is 0 Å². The summed E-state index contributed by atoms with van der Waals surface area (Å²) in [5.41, 5.74) is 5.54. The van der Waals surface area contributed by atoms with Crippen molar-refractivity contribution in [1.82, 2.24) is 10.4 Å². The van der Waals surface area contributed by atoms with Crippen molar-refractivity contribution in [3.05, 3.63) is 49.9 Å². The van der Waals surface area contributed by atoms with Crippen LogP contribution in [0.2, 0.25) is 0 Å². The van der Waals surface area contributed by atoms with E-state index in [1.165, 1.54) is 36.1 Å². The van der Waals surface area contributed by atoms with Crippen LogP contribution in [0.15, 0.2) is 28.9 Å². The zero-order valence-electron chi connectivity index (χ0n) is 11.2. The van der Waals surface area contributed by atoms with E-state index in [1.54, 1.807) is 4.88 Å². The number of rotatable bonds is 4. The van der Waals surface area contributed by atoms with Crippen molar-refractivity contribution in [2.75, 3.05) is 0 Å². The third-order valence-electron chi connectivity index (χ3n) is 3.76. The molecule has 3 rings (SSSR count). The number of nitrogens with one attached hydrogen (secondary N) is 1. The van der Waals surface area contributed by atoms with Gasteiger partial charge in [0, 0.05) is 32.5 Å². The molecule has 2 aromatic heterocycles. The molecule has 1 aliphatic rings. The standard InChI is InChI=1S/C15H18BrN3S/c16-11-5-6-12(18-9-11)8-13(19-17)15-7-10-3-1-2-4-14(10)20-15/h5-7,9,13,19H,1-4,8,17H2. The molecular weight excluding hydrogens is 334 g/mol. The maximum Gasteiger partial charge on any atom is 0.0608 e. The number of hydrogen-bond acceptors (Lipinski definition) is 4. The van der Waals surface area contributed by atoms with Crippen LogP contribution in [-0.4, -0.2) is 4.98 Å². The number of hydrazine groups is 1. The van der Waals surface area contributed by atoms with E-state index in [4.69, 9.17) is 5.84 Å². The van der Waals surface area contributed by atoms with Gasteiger partial charge in [-0.05, 0) is 65.4 Å². The summed E-state index contributed by atoms with van der Waals surface area (Å²) in [4.78, 5) is 7.32. The van der Waals surface area contributed by atoms with Gasteiger partial charge in [0.05, 0.1) is 6.04 Å². The van der Waals surface area contributed by atoms with Crippen LogP contribution in [0.4, 0.5) is 0 Å². The van der Waals surface area contributed by atoms with Gasteiger partial charge in [0.25, 0.3) is 0 Å². The minimum Gasteiger partial charge on any atom is -0.271 e. The third kappa shape index (κ3) is 3.11. The molecule has 0 radical (unpaired) electrons. The van der Waals surface area contributed by atoms with E-state index in [-0.39, 0.29) is 6.04 Å². The maximum absolute atomic E-state index is 5.76. The molecule has 0 amide bonds. The second-order valence-corrected chi connectivity index (χ2v) is 7.28. The van der Waals surface area contributed by atoms with Crippen molar-refractivity contribution in [3.63, 3.8) is 0 Å². The Hall–Kier alpha value is -0.750. The Balaban J connectivity index is 1.79. The molecule has 1 unspecified atom stereocenters. The zero-order chi connectivity index (χ0) is 13.9. The SMILES string of the molecule is NNC(Cc1ccc(Br)cn1)c1cc2c(s1)CCCC2. The number of nitrogens with zero attached hydrogens (tertiary/aromatic N) is 1. The molecule has 0 saturated carbocycles. The van der Waals surface area contributed by atoms with E-state index in [0.29, 0.717) is 0 Å². The first-order valence-electron chi connectivity index (χ1n) is 6.94. The van der Waals surface area contributed by atoms with Gasteiger partial charge in [-0.3, -0.25) is 16.3 Å². The van der Waals surface area contributed by atoms with Gasteiger partial charge in [0.15, 0.2) is 0 Å². The number of pyridine rings is 1. The van der Waals surface area contributed by atoms with Crippen LogP contribution >= 0.6 is 27.3 Å². The lowest BCUT2D eigenvalue weighted by molar-refractivity contribution is 0.554. The van der Waals surface area contributed by atoms with Crippen molar-refractivity contribution in [2.45, 2.75) is 38.1 Å². The number of aromatic nitrogens is 1. The fraction of sp³-hybridized carbons (Fsp3) is 0.400. The van der Waals surface area contributed by atoms with Crippen LogP contribution in [0.1, 0.15) is 39.9 Å². The Morgan fingerprint density at radius 2 is 2.20 bits per heavy atom. The highest BCUT2D eigenvalue weighted by atomic mass is 79.9. The van der Waals surface area contributed by atoms with Gasteiger partial charge in [-0.2, -0.15) is 0 Å². The molecule has 0 spiro atoms. The summed E-state index contributed by atoms with van der Waals surface area (Å²) in [6, 6.07) is 6.55. The van der Waals surface area contributed by atoms with Crippen molar-refractivity contribution >= 4 is 27.3 Å². The lowest BCUT2D eigenvalue weighted by Crippen LogP contribution is -2.29. The van der Waals surface area contributed by atoms with E-state index in [0.717, 1.165) is 16.6 Å². The van der Waals surface area contributed by atoms with Gasteiger partial charge in [-0.15, -0.1) is 11.3 Å². The molecule has 3 nitrogen and oxygen atoms in total. The molecule has 106 valence electrons. The Bertz CT molecular complexity index is 556. The third-order valence-corrected chi connectivity index (χ3v) is 5.58. The summed E-state index contributed by atoms with van der Waals surface area (Å²) in [7, 11) is 0. The molecule has 0 saturated heterocycles. The number of aryl methyl sites for hydroxylation is 2. The van der Waals surface area contributed by atoms with Gasteiger partial charge in [0.1, 0.15) is 0 Å². The molecular formula is C15H18BrN3S. The molecule has 2 heterocycles. The highest BCUT2D eigenvalue weighted by Gasteiger charge is 2.19. The number of nitrogens with two attached hydrogens (primary N) is 1. The summed E-state index contributed by atoms with van der Waals surface area (Å²) >= 11 is 5.32. The summed E-state index contributed by atoms with van der Waals surface area (Å²) in [6.07, 6.45) is 7.75. The second kappa shape index (κ2) is 6.35. The van der Waals surface area contributed by atoms with Crippen LogP contribution in [0.25, 0.3) is 0 Å². The van der Waals surface area contributed by atoms with Crippen LogP contribution in [0.3, 0.4) is 0 Å². The molecule has 0 aliphatic heterocycles. The van der Waals surface area contributed by atoms with Gasteiger partial charge in [0.2, 0.25) is 0 Å². The number of fused-ring (bicyclic) bond motifs is 1. The molecule has 2 aromatic rings. The first-order valence-corrected chi connectivity index (χ1v) is 8.55. The monoisotopic (exact) mass is 351 g/mol. The predicted molar refractivity (Wildman–Crippen MR) is 86.7 cm³/mol. The topological polar surface area (TPSA) is 50.9 Å². The highest BCUT2D eigenvalue weighted by molar-refractivity contribution is 9.10. The van der Waals surface area contributed by atoms with Crippen molar-refractivity contribution in [1.29, 1.82) is 0 Å². The van der Waals surface area contributed by atoms with Gasteiger partial charge >= 0.3 is 0 Å². The Morgan fingerprint density at radius 3 is 2.90 bits per heavy atom. The van der Waals surface area contributed by atoms with Crippen molar-refractivity contribution in [2.24, 2.45) is 5.84 Å². The second-order valence-electron chi connectivity index (χ2n) is 5.20. The number of thiophene rings is 1. The van der Waals surface area contributed by atoms with Crippen LogP contribution in [0, 0.1) is 0 Å². The summed E-state index contributed by atoms with van der Waals surface area (Å²) in [5, 5.41) is 0. The lowest BCUT2D eigenvalue weighted by atomic mass is 9.98. The van der Waals surface area contributed by atoms with Crippen LogP contribution in [-0.2, 0) is 19.3 Å². The van der Waals surface area contributed by atoms with E-state index < -0.39 is 0 Å². The molecule has 20 heavy (non-hydrogen) atoms. The van der Waals surface area contributed by atoms with Gasteiger partial charge in [-0.1, -0.05) is 0 Å². The van der Waals surface area contributed by atoms with E-state index in [1.807, 2.05) is 29.7 Å². The predicted octanol–water partition coefficient (Wildman–Crippen LogP) is 3.53. The smallest absolute Gasteiger partial charge is 0.0608 e. The Labute approximate surface area is 131 Å².